The highest BCUT2D eigenvalue weighted by Crippen LogP contribution is 2.36. The van der Waals surface area contributed by atoms with Gasteiger partial charge >= 0.3 is 12.5 Å². The molecule has 0 spiro atoms. The van der Waals surface area contributed by atoms with Gasteiger partial charge in [0.2, 0.25) is 0 Å². The van der Waals surface area contributed by atoms with Crippen molar-refractivity contribution in [1.82, 2.24) is 0 Å². The second-order valence-corrected chi connectivity index (χ2v) is 4.91. The maximum absolute atomic E-state index is 10.3. The van der Waals surface area contributed by atoms with Crippen LogP contribution in [0.5, 0.6) is 0 Å². The number of carbonyl (C=O) groups is 1. The summed E-state index contributed by atoms with van der Waals surface area (Å²) < 4.78 is 15.9. The second-order valence-electron chi connectivity index (χ2n) is 4.60. The van der Waals surface area contributed by atoms with Crippen molar-refractivity contribution in [1.29, 1.82) is 0 Å². The van der Waals surface area contributed by atoms with E-state index in [1.54, 1.807) is 12.1 Å². The lowest BCUT2D eigenvalue weighted by molar-refractivity contribution is 0.00578. The number of hydrogen-bond acceptors (Lipinski definition) is 4. The minimum absolute atomic E-state index is 0.117. The van der Waals surface area contributed by atoms with Gasteiger partial charge in [-0.15, -0.1) is 0 Å². The maximum Gasteiger partial charge on any atom is 0.486 e. The summed E-state index contributed by atoms with van der Waals surface area (Å²) >= 11 is 5.01. The Morgan fingerprint density at radius 1 is 1.31 bits per heavy atom. The molecule has 0 amide bonds. The number of halogens is 1. The van der Waals surface area contributed by atoms with Crippen LogP contribution in [0, 0.1) is 0 Å². The molecule has 1 rings (SSSR count). The number of hydrogen-bond donors (Lipinski definition) is 0. The zero-order valence-electron chi connectivity index (χ0n) is 9.95. The van der Waals surface area contributed by atoms with Crippen LogP contribution in [0.2, 0.25) is 0 Å². The van der Waals surface area contributed by atoms with E-state index in [9.17, 15) is 4.79 Å². The normalized spacial score (nSPS) is 22.7. The van der Waals surface area contributed by atoms with E-state index in [-0.39, 0.29) is 17.8 Å². The fourth-order valence-corrected chi connectivity index (χ4v) is 1.31. The van der Waals surface area contributed by atoms with E-state index < -0.39 is 12.5 Å². The molecule has 1 aliphatic rings. The molecule has 90 valence electrons. The molecule has 0 N–H and O–H groups in total. The van der Waals surface area contributed by atoms with Crippen molar-refractivity contribution >= 4 is 24.1 Å². The minimum atomic E-state index is -0.821. The fourth-order valence-electron chi connectivity index (χ4n) is 1.25. The molecular weight excluding hydrogens is 230 g/mol. The molecule has 1 fully saturated rings. The van der Waals surface area contributed by atoms with E-state index in [2.05, 4.69) is 4.74 Å². The topological polar surface area (TPSA) is 44.8 Å². The molecule has 6 heteroatoms. The number of rotatable bonds is 3. The summed E-state index contributed by atoms with van der Waals surface area (Å²) in [6.07, 6.45) is 1.64. The van der Waals surface area contributed by atoms with Gasteiger partial charge in [-0.1, -0.05) is 12.1 Å². The summed E-state index contributed by atoms with van der Waals surface area (Å²) in [6.45, 7) is 8.00. The van der Waals surface area contributed by atoms with Gasteiger partial charge in [-0.25, -0.2) is 4.79 Å². The van der Waals surface area contributed by atoms with Gasteiger partial charge in [0, 0.05) is 11.6 Å². The van der Waals surface area contributed by atoms with Crippen molar-refractivity contribution in [3.63, 3.8) is 0 Å². The minimum Gasteiger partial charge on any atom is -0.449 e. The average molecular weight is 246 g/mol. The van der Waals surface area contributed by atoms with E-state index in [4.69, 9.17) is 20.9 Å². The molecule has 1 saturated heterocycles. The van der Waals surface area contributed by atoms with Gasteiger partial charge in [-0.3, -0.25) is 0 Å². The van der Waals surface area contributed by atoms with Crippen molar-refractivity contribution in [3.8, 4) is 0 Å². The molecule has 16 heavy (non-hydrogen) atoms. The highest BCUT2D eigenvalue weighted by Gasteiger charge is 2.49. The number of ether oxygens (including phenoxy) is 1. The molecule has 0 aromatic heterocycles. The Hall–Kier alpha value is -0.515. The molecule has 0 aliphatic carbocycles. The molecule has 0 saturated carbocycles. The predicted molar refractivity (Wildman–Crippen MR) is 62.4 cm³/mol. The standard InChI is InChI=1S/C10H16BClO4/c1-9(2)10(3,4)16-11(15-9)6-5-7-14-8(12)13/h5-6H,7H2,1-4H3/b6-5+. The molecule has 0 bridgehead atoms. The molecule has 0 atom stereocenters. The van der Waals surface area contributed by atoms with Crippen LogP contribution in [-0.2, 0) is 14.0 Å². The van der Waals surface area contributed by atoms with Gasteiger partial charge in [0.05, 0.1) is 11.2 Å². The molecule has 1 aliphatic heterocycles. The van der Waals surface area contributed by atoms with E-state index >= 15 is 0 Å². The van der Waals surface area contributed by atoms with Crippen molar-refractivity contribution in [2.24, 2.45) is 0 Å². The summed E-state index contributed by atoms with van der Waals surface area (Å²) in [5.41, 5.74) is -1.53. The Morgan fingerprint density at radius 3 is 2.25 bits per heavy atom. The Bertz CT molecular complexity index is 285. The molecule has 0 unspecified atom stereocenters. The zero-order chi connectivity index (χ0) is 12.4. The number of carbonyl (C=O) groups excluding carboxylic acids is 1. The average Bonchev–Trinajstić information content (AvgIpc) is 2.29. The lowest BCUT2D eigenvalue weighted by Crippen LogP contribution is -2.41. The van der Waals surface area contributed by atoms with E-state index in [0.29, 0.717) is 0 Å². The zero-order valence-corrected chi connectivity index (χ0v) is 10.7. The lowest BCUT2D eigenvalue weighted by atomic mass is 9.90. The van der Waals surface area contributed by atoms with Gasteiger partial charge < -0.3 is 14.0 Å². The van der Waals surface area contributed by atoms with Gasteiger partial charge in [0.25, 0.3) is 0 Å². The van der Waals surface area contributed by atoms with Crippen molar-refractivity contribution in [2.75, 3.05) is 6.61 Å². The SMILES string of the molecule is CC1(C)OB(/C=C/COC(=O)Cl)OC1(C)C. The highest BCUT2D eigenvalue weighted by molar-refractivity contribution is 6.61. The molecule has 4 nitrogen and oxygen atoms in total. The monoisotopic (exact) mass is 246 g/mol. The van der Waals surface area contributed by atoms with Crippen LogP contribution < -0.4 is 0 Å². The highest BCUT2D eigenvalue weighted by atomic mass is 35.5. The largest absolute Gasteiger partial charge is 0.486 e. The first kappa shape index (κ1) is 13.5. The Balaban J connectivity index is 2.45. The predicted octanol–water partition coefficient (Wildman–Crippen LogP) is 2.55. The van der Waals surface area contributed by atoms with Crippen LogP contribution >= 0.6 is 11.6 Å². The Kier molecular flexibility index (Phi) is 4.04. The third kappa shape index (κ3) is 3.24. The smallest absolute Gasteiger partial charge is 0.449 e. The summed E-state index contributed by atoms with van der Waals surface area (Å²) in [6, 6.07) is 0. The van der Waals surface area contributed by atoms with Crippen molar-refractivity contribution < 1.29 is 18.8 Å². The second kappa shape index (κ2) is 4.78. The Morgan fingerprint density at radius 2 is 1.81 bits per heavy atom. The van der Waals surface area contributed by atoms with E-state index in [1.165, 1.54) is 0 Å². The third-order valence-electron chi connectivity index (χ3n) is 2.86. The Labute approximate surface area is 101 Å². The fraction of sp³-hybridized carbons (Fsp3) is 0.700. The van der Waals surface area contributed by atoms with Crippen LogP contribution in [0.1, 0.15) is 27.7 Å². The van der Waals surface area contributed by atoms with E-state index in [1.807, 2.05) is 27.7 Å². The third-order valence-corrected chi connectivity index (χ3v) is 2.97. The van der Waals surface area contributed by atoms with Crippen LogP contribution in [0.4, 0.5) is 4.79 Å². The summed E-state index contributed by atoms with van der Waals surface area (Å²) in [5.74, 6) is 1.70. The van der Waals surface area contributed by atoms with Crippen molar-refractivity contribution in [2.45, 2.75) is 38.9 Å². The first-order chi connectivity index (χ1) is 7.24. The molecule has 1 heterocycles. The van der Waals surface area contributed by atoms with Gasteiger partial charge in [0.15, 0.2) is 0 Å². The maximum atomic E-state index is 10.3. The van der Waals surface area contributed by atoms with Gasteiger partial charge in [0.1, 0.15) is 6.61 Å². The van der Waals surface area contributed by atoms with Crippen LogP contribution in [-0.4, -0.2) is 30.4 Å². The first-order valence-electron chi connectivity index (χ1n) is 5.09. The van der Waals surface area contributed by atoms with Crippen LogP contribution in [0.15, 0.2) is 12.1 Å². The first-order valence-corrected chi connectivity index (χ1v) is 5.47. The summed E-state index contributed by atoms with van der Waals surface area (Å²) in [5, 5.41) is 0. The lowest BCUT2D eigenvalue weighted by Gasteiger charge is -2.32. The summed E-state index contributed by atoms with van der Waals surface area (Å²) in [7, 11) is -0.418. The van der Waals surface area contributed by atoms with Crippen LogP contribution in [0.25, 0.3) is 0 Å². The molecule has 0 aromatic carbocycles. The quantitative estimate of drug-likeness (QED) is 0.567. The van der Waals surface area contributed by atoms with E-state index in [0.717, 1.165) is 0 Å². The van der Waals surface area contributed by atoms with Gasteiger partial charge in [-0.2, -0.15) is 0 Å². The summed E-state index contributed by atoms with van der Waals surface area (Å²) in [4.78, 5) is 10.3. The molecule has 0 radical (unpaired) electrons. The van der Waals surface area contributed by atoms with Crippen molar-refractivity contribution in [3.05, 3.63) is 12.1 Å². The van der Waals surface area contributed by atoms with Gasteiger partial charge in [-0.05, 0) is 27.7 Å². The molecular formula is C10H16BClO4. The van der Waals surface area contributed by atoms with Crippen LogP contribution in [0.3, 0.4) is 0 Å². The molecule has 0 aromatic rings.